The molecule has 3 rings (SSSR count). The topological polar surface area (TPSA) is 96.5 Å². The van der Waals surface area contributed by atoms with Gasteiger partial charge in [-0.1, -0.05) is 17.3 Å². The quantitative estimate of drug-likeness (QED) is 0.879. The van der Waals surface area contributed by atoms with Crippen molar-refractivity contribution < 1.29 is 23.6 Å². The minimum absolute atomic E-state index is 0.128. The number of carbonyl (C=O) groups excluding carboxylic acids is 1. The number of hydrogen-bond donors (Lipinski definition) is 1. The zero-order chi connectivity index (χ0) is 18.7. The lowest BCUT2D eigenvalue weighted by Gasteiger charge is -2.30. The van der Waals surface area contributed by atoms with Crippen molar-refractivity contribution in [3.05, 3.63) is 35.5 Å². The first-order valence-corrected chi connectivity index (χ1v) is 8.53. The summed E-state index contributed by atoms with van der Waals surface area (Å²) in [5, 5.41) is 12.9. The Morgan fingerprint density at radius 2 is 2.23 bits per heavy atom. The zero-order valence-electron chi connectivity index (χ0n) is 14.4. The van der Waals surface area contributed by atoms with Gasteiger partial charge in [0.2, 0.25) is 17.6 Å². The second-order valence-corrected chi connectivity index (χ2v) is 6.49. The molecule has 1 aromatic carbocycles. The van der Waals surface area contributed by atoms with E-state index in [9.17, 15) is 14.0 Å². The Balaban J connectivity index is 1.58. The van der Waals surface area contributed by atoms with Gasteiger partial charge in [0.1, 0.15) is 5.82 Å². The first kappa shape index (κ1) is 18.0. The van der Waals surface area contributed by atoms with Gasteiger partial charge in [0.05, 0.1) is 5.92 Å². The molecule has 1 aliphatic rings. The average molecular weight is 361 g/mol. The number of piperidine rings is 1. The van der Waals surface area contributed by atoms with E-state index < -0.39 is 11.9 Å². The summed E-state index contributed by atoms with van der Waals surface area (Å²) in [6, 6.07) is 4.69. The molecule has 2 aromatic rings. The van der Waals surface area contributed by atoms with Gasteiger partial charge in [-0.3, -0.25) is 9.59 Å². The molecule has 138 valence electrons. The number of likely N-dealkylation sites (tertiary alicyclic amines) is 1. The van der Waals surface area contributed by atoms with Gasteiger partial charge in [0, 0.05) is 31.5 Å². The molecule has 1 amide bonds. The number of halogens is 1. The number of carboxylic acid groups (broad SMARTS) is 1. The fourth-order valence-corrected chi connectivity index (χ4v) is 2.98. The monoisotopic (exact) mass is 361 g/mol. The molecule has 0 saturated carbocycles. The van der Waals surface area contributed by atoms with Crippen molar-refractivity contribution in [3.8, 4) is 11.4 Å². The average Bonchev–Trinajstić information content (AvgIpc) is 3.11. The summed E-state index contributed by atoms with van der Waals surface area (Å²) in [6.07, 6.45) is 1.70. The van der Waals surface area contributed by atoms with Gasteiger partial charge in [-0.2, -0.15) is 4.98 Å². The molecule has 0 radical (unpaired) electrons. The van der Waals surface area contributed by atoms with Gasteiger partial charge in [0.15, 0.2) is 0 Å². The Kier molecular flexibility index (Phi) is 5.29. The van der Waals surface area contributed by atoms with E-state index >= 15 is 0 Å². The highest BCUT2D eigenvalue weighted by Crippen LogP contribution is 2.20. The number of benzene rings is 1. The number of aromatic nitrogens is 2. The lowest BCUT2D eigenvalue weighted by atomic mass is 9.98. The molecule has 1 N–H and O–H groups in total. The molecule has 1 saturated heterocycles. The molecule has 1 atom stereocenters. The summed E-state index contributed by atoms with van der Waals surface area (Å²) < 4.78 is 18.8. The summed E-state index contributed by atoms with van der Waals surface area (Å²) in [5.74, 6) is -1.27. The number of carboxylic acids is 1. The second kappa shape index (κ2) is 7.63. The number of hydrogen-bond acceptors (Lipinski definition) is 5. The van der Waals surface area contributed by atoms with Crippen LogP contribution in [-0.2, 0) is 16.0 Å². The standard InChI is InChI=1S/C18H20FN3O4/c1-11-4-5-12(9-14(11)19)17-20-15(26-21-17)6-7-16(23)22-8-2-3-13(10-22)18(24)25/h4-5,9,13H,2-3,6-8,10H2,1H3,(H,24,25)/t13-/m0/s1. The predicted octanol–water partition coefficient (Wildman–Crippen LogP) is 2.44. The molecule has 2 heterocycles. The van der Waals surface area contributed by atoms with Crippen LogP contribution in [0.3, 0.4) is 0 Å². The molecule has 0 bridgehead atoms. The Labute approximate surface area is 149 Å². The van der Waals surface area contributed by atoms with E-state index in [1.165, 1.54) is 6.07 Å². The van der Waals surface area contributed by atoms with Crippen LogP contribution in [0.15, 0.2) is 22.7 Å². The van der Waals surface area contributed by atoms with Crippen LogP contribution in [0, 0.1) is 18.7 Å². The molecule has 0 spiro atoms. The molecule has 0 aliphatic carbocycles. The number of nitrogens with zero attached hydrogens (tertiary/aromatic N) is 3. The molecule has 7 nitrogen and oxygen atoms in total. The molecular weight excluding hydrogens is 341 g/mol. The van der Waals surface area contributed by atoms with Crippen LogP contribution in [0.1, 0.15) is 30.7 Å². The van der Waals surface area contributed by atoms with Crippen LogP contribution < -0.4 is 0 Å². The lowest BCUT2D eigenvalue weighted by molar-refractivity contribution is -0.145. The first-order valence-electron chi connectivity index (χ1n) is 8.53. The molecule has 1 aromatic heterocycles. The van der Waals surface area contributed by atoms with Gasteiger partial charge in [-0.05, 0) is 31.4 Å². The van der Waals surface area contributed by atoms with Gasteiger partial charge in [0.25, 0.3) is 0 Å². The fraction of sp³-hybridized carbons (Fsp3) is 0.444. The number of aryl methyl sites for hydroxylation is 2. The highest BCUT2D eigenvalue weighted by molar-refractivity contribution is 5.78. The Morgan fingerprint density at radius 1 is 1.42 bits per heavy atom. The van der Waals surface area contributed by atoms with Crippen molar-refractivity contribution in [1.29, 1.82) is 0 Å². The van der Waals surface area contributed by atoms with Crippen molar-refractivity contribution >= 4 is 11.9 Å². The minimum atomic E-state index is -0.866. The van der Waals surface area contributed by atoms with Crippen LogP contribution >= 0.6 is 0 Å². The predicted molar refractivity (Wildman–Crippen MR) is 89.7 cm³/mol. The Morgan fingerprint density at radius 3 is 2.96 bits per heavy atom. The van der Waals surface area contributed by atoms with Crippen LogP contribution in [0.25, 0.3) is 11.4 Å². The molecule has 0 unspecified atom stereocenters. The summed E-state index contributed by atoms with van der Waals surface area (Å²) in [7, 11) is 0. The maximum atomic E-state index is 13.6. The number of carbonyl (C=O) groups is 2. The van der Waals surface area contributed by atoms with Crippen LogP contribution in [0.4, 0.5) is 4.39 Å². The molecule has 8 heteroatoms. The SMILES string of the molecule is Cc1ccc(-c2noc(CCC(=O)N3CCC[C@H](C(=O)O)C3)n2)cc1F. The maximum Gasteiger partial charge on any atom is 0.308 e. The highest BCUT2D eigenvalue weighted by atomic mass is 19.1. The highest BCUT2D eigenvalue weighted by Gasteiger charge is 2.28. The second-order valence-electron chi connectivity index (χ2n) is 6.49. The van der Waals surface area contributed by atoms with Crippen molar-refractivity contribution in [2.24, 2.45) is 5.92 Å². The van der Waals surface area contributed by atoms with Crippen molar-refractivity contribution in [2.45, 2.75) is 32.6 Å². The Bertz CT molecular complexity index is 821. The first-order chi connectivity index (χ1) is 12.4. The summed E-state index contributed by atoms with van der Waals surface area (Å²) >= 11 is 0. The summed E-state index contributed by atoms with van der Waals surface area (Å²) in [4.78, 5) is 29.2. The molecule has 26 heavy (non-hydrogen) atoms. The van der Waals surface area contributed by atoms with E-state index in [0.29, 0.717) is 36.4 Å². The van der Waals surface area contributed by atoms with Crippen molar-refractivity contribution in [2.75, 3.05) is 13.1 Å². The summed E-state index contributed by atoms with van der Waals surface area (Å²) in [5.41, 5.74) is 1.04. The van der Waals surface area contributed by atoms with Crippen LogP contribution in [-0.4, -0.2) is 45.1 Å². The lowest BCUT2D eigenvalue weighted by Crippen LogP contribution is -2.42. The maximum absolute atomic E-state index is 13.6. The van der Waals surface area contributed by atoms with Gasteiger partial charge in [-0.15, -0.1) is 0 Å². The van der Waals surface area contributed by atoms with E-state index in [2.05, 4.69) is 10.1 Å². The number of rotatable bonds is 5. The normalized spacial score (nSPS) is 17.3. The van der Waals surface area contributed by atoms with E-state index in [1.54, 1.807) is 24.0 Å². The van der Waals surface area contributed by atoms with Crippen LogP contribution in [0.5, 0.6) is 0 Å². The van der Waals surface area contributed by atoms with Crippen molar-refractivity contribution in [1.82, 2.24) is 15.0 Å². The number of amides is 1. The Hall–Kier alpha value is -2.77. The van der Waals surface area contributed by atoms with Gasteiger partial charge in [-0.25, -0.2) is 4.39 Å². The van der Waals surface area contributed by atoms with E-state index in [1.807, 2.05) is 0 Å². The van der Waals surface area contributed by atoms with E-state index in [0.717, 1.165) is 0 Å². The molecular formula is C18H20FN3O4. The molecule has 1 aliphatic heterocycles. The fourth-order valence-electron chi connectivity index (χ4n) is 2.98. The van der Waals surface area contributed by atoms with Crippen LogP contribution in [0.2, 0.25) is 0 Å². The van der Waals surface area contributed by atoms with Crippen molar-refractivity contribution in [3.63, 3.8) is 0 Å². The third-order valence-electron chi connectivity index (χ3n) is 4.57. The summed E-state index contributed by atoms with van der Waals surface area (Å²) in [6.45, 7) is 2.48. The van der Waals surface area contributed by atoms with E-state index in [-0.39, 0.29) is 36.9 Å². The third kappa shape index (κ3) is 4.07. The number of aliphatic carboxylic acids is 1. The van der Waals surface area contributed by atoms with Gasteiger partial charge < -0.3 is 14.5 Å². The third-order valence-corrected chi connectivity index (χ3v) is 4.57. The smallest absolute Gasteiger partial charge is 0.308 e. The zero-order valence-corrected chi connectivity index (χ0v) is 14.4. The van der Waals surface area contributed by atoms with Gasteiger partial charge >= 0.3 is 5.97 Å². The largest absolute Gasteiger partial charge is 0.481 e. The minimum Gasteiger partial charge on any atom is -0.481 e. The molecule has 1 fully saturated rings. The van der Waals surface area contributed by atoms with E-state index in [4.69, 9.17) is 9.63 Å².